The lowest BCUT2D eigenvalue weighted by atomic mass is 10.1. The number of rotatable bonds is 6. The van der Waals surface area contributed by atoms with E-state index in [1.807, 2.05) is 13.1 Å². The lowest BCUT2D eigenvalue weighted by Gasteiger charge is -2.21. The number of nitrogens with one attached hydrogen (secondary N) is 2. The molecule has 2 heterocycles. The number of ether oxygens (including phenoxy) is 1. The third kappa shape index (κ3) is 3.80. The fraction of sp³-hybridized carbons (Fsp3) is 0.714. The Bertz CT molecular complexity index is 404. The summed E-state index contributed by atoms with van der Waals surface area (Å²) in [7, 11) is 0. The van der Waals surface area contributed by atoms with Crippen molar-refractivity contribution in [1.82, 2.24) is 9.97 Å². The molecule has 2 atom stereocenters. The minimum atomic E-state index is 0.273. The van der Waals surface area contributed by atoms with Crippen LogP contribution in [0.5, 0.6) is 0 Å². The van der Waals surface area contributed by atoms with E-state index in [0.29, 0.717) is 12.1 Å². The van der Waals surface area contributed by atoms with E-state index in [1.165, 1.54) is 0 Å². The first-order valence-electron chi connectivity index (χ1n) is 7.16. The lowest BCUT2D eigenvalue weighted by molar-refractivity contribution is 0.0995. The van der Waals surface area contributed by atoms with Gasteiger partial charge in [-0.2, -0.15) is 4.98 Å². The summed E-state index contributed by atoms with van der Waals surface area (Å²) in [4.78, 5) is 8.82. The fourth-order valence-electron chi connectivity index (χ4n) is 2.22. The van der Waals surface area contributed by atoms with Crippen molar-refractivity contribution in [3.63, 3.8) is 0 Å². The second-order valence-corrected chi connectivity index (χ2v) is 5.14. The van der Waals surface area contributed by atoms with Crippen LogP contribution in [0.15, 0.2) is 6.20 Å². The van der Waals surface area contributed by atoms with Gasteiger partial charge in [0, 0.05) is 24.9 Å². The summed E-state index contributed by atoms with van der Waals surface area (Å²) in [5.74, 6) is 1.59. The molecule has 0 saturated carbocycles. The summed E-state index contributed by atoms with van der Waals surface area (Å²) >= 11 is 0. The van der Waals surface area contributed by atoms with Crippen LogP contribution in [0.4, 0.5) is 11.8 Å². The third-order valence-electron chi connectivity index (χ3n) is 3.39. The van der Waals surface area contributed by atoms with Gasteiger partial charge >= 0.3 is 0 Å². The number of hydrogen-bond acceptors (Lipinski definition) is 5. The Morgan fingerprint density at radius 1 is 1.53 bits per heavy atom. The van der Waals surface area contributed by atoms with Crippen molar-refractivity contribution < 1.29 is 4.74 Å². The van der Waals surface area contributed by atoms with Gasteiger partial charge in [-0.25, -0.2) is 4.98 Å². The highest BCUT2D eigenvalue weighted by Gasteiger charge is 2.23. The van der Waals surface area contributed by atoms with Crippen molar-refractivity contribution in [3.8, 4) is 0 Å². The Labute approximate surface area is 115 Å². The number of aryl methyl sites for hydroxylation is 1. The molecule has 2 N–H and O–H groups in total. The van der Waals surface area contributed by atoms with E-state index in [-0.39, 0.29) is 6.04 Å². The topological polar surface area (TPSA) is 59.1 Å². The molecule has 1 aromatic heterocycles. The molecule has 0 bridgehead atoms. The summed E-state index contributed by atoms with van der Waals surface area (Å²) in [6.45, 7) is 8.07. The zero-order valence-electron chi connectivity index (χ0n) is 12.1. The van der Waals surface area contributed by atoms with Crippen molar-refractivity contribution in [2.24, 2.45) is 0 Å². The van der Waals surface area contributed by atoms with Crippen molar-refractivity contribution in [2.75, 3.05) is 23.8 Å². The third-order valence-corrected chi connectivity index (χ3v) is 3.39. The minimum absolute atomic E-state index is 0.273. The Hall–Kier alpha value is -1.36. The van der Waals surface area contributed by atoms with Gasteiger partial charge in [0.15, 0.2) is 0 Å². The van der Waals surface area contributed by atoms with Crippen molar-refractivity contribution in [1.29, 1.82) is 0 Å². The normalized spacial score (nSPS) is 20.3. The molecule has 5 heteroatoms. The van der Waals surface area contributed by atoms with E-state index in [9.17, 15) is 0 Å². The van der Waals surface area contributed by atoms with E-state index in [1.54, 1.807) is 0 Å². The van der Waals surface area contributed by atoms with Crippen LogP contribution in [0, 0.1) is 6.92 Å². The molecule has 1 aromatic rings. The molecule has 5 nitrogen and oxygen atoms in total. The maximum absolute atomic E-state index is 5.70. The summed E-state index contributed by atoms with van der Waals surface area (Å²) in [6.07, 6.45) is 5.49. The van der Waals surface area contributed by atoms with Crippen LogP contribution in [0.3, 0.4) is 0 Å². The highest BCUT2D eigenvalue weighted by atomic mass is 16.5. The zero-order valence-corrected chi connectivity index (χ0v) is 12.1. The number of hydrogen-bond donors (Lipinski definition) is 2. The maximum Gasteiger partial charge on any atom is 0.224 e. The first kappa shape index (κ1) is 14.1. The maximum atomic E-state index is 5.70. The van der Waals surface area contributed by atoms with Gasteiger partial charge in [-0.3, -0.25) is 0 Å². The molecule has 1 saturated heterocycles. The minimum Gasteiger partial charge on any atom is -0.376 e. The van der Waals surface area contributed by atoms with Gasteiger partial charge in [0.1, 0.15) is 5.82 Å². The van der Waals surface area contributed by atoms with Gasteiger partial charge < -0.3 is 15.4 Å². The van der Waals surface area contributed by atoms with Crippen LogP contribution < -0.4 is 10.6 Å². The molecule has 0 spiro atoms. The summed E-state index contributed by atoms with van der Waals surface area (Å²) in [6, 6.07) is 0.273. The summed E-state index contributed by atoms with van der Waals surface area (Å²) in [5, 5.41) is 6.66. The molecule has 1 aliphatic rings. The molecular formula is C14H24N4O. The number of nitrogens with zero attached hydrogens (tertiary/aromatic N) is 2. The Kier molecular flexibility index (Phi) is 4.96. The van der Waals surface area contributed by atoms with Gasteiger partial charge in [-0.05, 0) is 33.1 Å². The number of anilines is 2. The molecule has 2 rings (SSSR count). The van der Waals surface area contributed by atoms with Crippen molar-refractivity contribution >= 4 is 11.8 Å². The van der Waals surface area contributed by atoms with E-state index < -0.39 is 0 Å². The average molecular weight is 264 g/mol. The van der Waals surface area contributed by atoms with E-state index >= 15 is 0 Å². The molecular weight excluding hydrogens is 240 g/mol. The van der Waals surface area contributed by atoms with Crippen LogP contribution in [-0.2, 0) is 4.74 Å². The van der Waals surface area contributed by atoms with Crippen LogP contribution in [-0.4, -0.2) is 35.3 Å². The van der Waals surface area contributed by atoms with E-state index in [0.717, 1.165) is 43.8 Å². The molecule has 1 fully saturated rings. The van der Waals surface area contributed by atoms with Crippen LogP contribution in [0.25, 0.3) is 0 Å². The standard InChI is InChI=1S/C14H24N4O/c1-4-7-15-14-16-9-10(2)13(18-14)17-11(3)12-6-5-8-19-12/h9,11-12H,4-8H2,1-3H3,(H2,15,16,17,18). The largest absolute Gasteiger partial charge is 0.376 e. The van der Waals surface area contributed by atoms with Crippen LogP contribution in [0.2, 0.25) is 0 Å². The highest BCUT2D eigenvalue weighted by Crippen LogP contribution is 2.20. The summed E-state index contributed by atoms with van der Waals surface area (Å²) < 4.78 is 5.70. The Balaban J connectivity index is 2.01. The average Bonchev–Trinajstić information content (AvgIpc) is 2.93. The second kappa shape index (κ2) is 6.70. The lowest BCUT2D eigenvalue weighted by Crippen LogP contribution is -2.30. The zero-order chi connectivity index (χ0) is 13.7. The molecule has 0 aromatic carbocycles. The van der Waals surface area contributed by atoms with E-state index in [4.69, 9.17) is 4.74 Å². The van der Waals surface area contributed by atoms with Crippen LogP contribution >= 0.6 is 0 Å². The predicted octanol–water partition coefficient (Wildman–Crippen LogP) is 2.59. The molecule has 0 amide bonds. The fourth-order valence-corrected chi connectivity index (χ4v) is 2.22. The molecule has 0 radical (unpaired) electrons. The van der Waals surface area contributed by atoms with Crippen molar-refractivity contribution in [3.05, 3.63) is 11.8 Å². The van der Waals surface area contributed by atoms with Gasteiger partial charge in [0.2, 0.25) is 5.95 Å². The smallest absolute Gasteiger partial charge is 0.224 e. The molecule has 19 heavy (non-hydrogen) atoms. The van der Waals surface area contributed by atoms with Gasteiger partial charge in [-0.1, -0.05) is 6.92 Å². The van der Waals surface area contributed by atoms with E-state index in [2.05, 4.69) is 34.4 Å². The molecule has 1 aliphatic heterocycles. The van der Waals surface area contributed by atoms with Crippen molar-refractivity contribution in [2.45, 2.75) is 52.2 Å². The number of aromatic nitrogens is 2. The predicted molar refractivity (Wildman–Crippen MR) is 77.6 cm³/mol. The SMILES string of the molecule is CCCNc1ncc(C)c(NC(C)C2CCCO2)n1. The Morgan fingerprint density at radius 2 is 2.37 bits per heavy atom. The van der Waals surface area contributed by atoms with Gasteiger partial charge in [0.25, 0.3) is 0 Å². The summed E-state index contributed by atoms with van der Waals surface area (Å²) in [5.41, 5.74) is 1.06. The highest BCUT2D eigenvalue weighted by molar-refractivity contribution is 5.47. The first-order valence-corrected chi connectivity index (χ1v) is 7.16. The quantitative estimate of drug-likeness (QED) is 0.827. The molecule has 106 valence electrons. The van der Waals surface area contributed by atoms with Gasteiger partial charge in [0.05, 0.1) is 12.1 Å². The van der Waals surface area contributed by atoms with Crippen LogP contribution in [0.1, 0.15) is 38.7 Å². The molecule has 2 unspecified atom stereocenters. The molecule has 0 aliphatic carbocycles. The monoisotopic (exact) mass is 264 g/mol. The Morgan fingerprint density at radius 3 is 3.05 bits per heavy atom. The first-order chi connectivity index (χ1) is 9.20. The second-order valence-electron chi connectivity index (χ2n) is 5.14. The van der Waals surface area contributed by atoms with Gasteiger partial charge in [-0.15, -0.1) is 0 Å².